The van der Waals surface area contributed by atoms with Crippen molar-refractivity contribution in [2.45, 2.75) is 25.9 Å². The van der Waals surface area contributed by atoms with Gasteiger partial charge in [0, 0.05) is 0 Å². The van der Waals surface area contributed by atoms with Crippen molar-refractivity contribution >= 4 is 35.6 Å². The zero-order chi connectivity index (χ0) is 25.6. The Kier molecular flexibility index (Phi) is 5.95. The number of ether oxygens (including phenoxy) is 1. The lowest BCUT2D eigenvalue weighted by atomic mass is 10.1. The predicted molar refractivity (Wildman–Crippen MR) is 118 cm³/mol. The Morgan fingerprint density at radius 1 is 0.686 bits per heavy atom. The van der Waals surface area contributed by atoms with Crippen molar-refractivity contribution in [2.75, 3.05) is 13.2 Å². The van der Waals surface area contributed by atoms with E-state index >= 15 is 0 Å². The van der Waals surface area contributed by atoms with E-state index in [0.29, 0.717) is 0 Å². The second-order valence-corrected chi connectivity index (χ2v) is 8.33. The van der Waals surface area contributed by atoms with Gasteiger partial charge in [0.05, 0.1) is 58.7 Å². The Balaban J connectivity index is 1.39. The predicted octanol–water partition coefficient (Wildman–Crippen LogP) is 1.77. The molecule has 2 heterocycles. The molecule has 0 saturated carbocycles. The molecule has 0 aromatic heterocycles. The van der Waals surface area contributed by atoms with Gasteiger partial charge in [0.25, 0.3) is 23.6 Å². The maximum Gasteiger partial charge on any atom is 0.335 e. The number of amides is 4. The first kappa shape index (κ1) is 23.8. The zero-order valence-corrected chi connectivity index (χ0v) is 18.7. The van der Waals surface area contributed by atoms with Gasteiger partial charge in [-0.2, -0.15) is 0 Å². The Morgan fingerprint density at radius 3 is 1.37 bits per heavy atom. The molecule has 0 fully saturated rings. The minimum absolute atomic E-state index is 0.00173. The molecule has 4 amide bonds. The third-order valence-electron chi connectivity index (χ3n) is 5.93. The average molecular weight is 480 g/mol. The molecule has 0 radical (unpaired) electrons. The summed E-state index contributed by atoms with van der Waals surface area (Å²) in [4.78, 5) is 75.2. The highest BCUT2D eigenvalue weighted by Crippen LogP contribution is 2.28. The number of hydrogen-bond acceptors (Lipinski definition) is 7. The Morgan fingerprint density at radius 2 is 1.03 bits per heavy atom. The van der Waals surface area contributed by atoms with Crippen LogP contribution >= 0.6 is 0 Å². The highest BCUT2D eigenvalue weighted by atomic mass is 16.5. The molecular weight excluding hydrogens is 460 g/mol. The molecule has 2 aliphatic heterocycles. The van der Waals surface area contributed by atoms with E-state index in [2.05, 4.69) is 0 Å². The molecule has 0 spiro atoms. The van der Waals surface area contributed by atoms with Crippen LogP contribution in [0.25, 0.3) is 0 Å². The highest BCUT2D eigenvalue weighted by molar-refractivity contribution is 6.23. The van der Waals surface area contributed by atoms with E-state index in [0.717, 1.165) is 21.9 Å². The summed E-state index contributed by atoms with van der Waals surface area (Å²) in [5.41, 5.74) is -0.00974. The van der Waals surface area contributed by atoms with Crippen LogP contribution in [0.5, 0.6) is 0 Å². The standard InChI is InChI=1S/C24H20N2O9/c1-11(25-19(27)15-5-3-13(23(31)32)7-17(15)21(25)29)9-35-10-12(2)26-20(28)16-6-4-14(24(33)34)8-18(16)22(26)30/h3-8,11-12H,9-10H2,1-2H3,(H,31,32)(H,33,34). The summed E-state index contributed by atoms with van der Waals surface area (Å²) in [6, 6.07) is 6.00. The summed E-state index contributed by atoms with van der Waals surface area (Å²) in [5.74, 6) is -4.84. The molecule has 11 nitrogen and oxygen atoms in total. The molecule has 11 heteroatoms. The van der Waals surface area contributed by atoms with Crippen molar-refractivity contribution in [1.29, 1.82) is 0 Å². The van der Waals surface area contributed by atoms with E-state index in [1.54, 1.807) is 13.8 Å². The normalized spacial score (nSPS) is 16.4. The minimum atomic E-state index is -1.22. The summed E-state index contributed by atoms with van der Waals surface area (Å²) in [6.07, 6.45) is 0. The lowest BCUT2D eigenvalue weighted by molar-refractivity contribution is 0.0273. The molecule has 35 heavy (non-hydrogen) atoms. The van der Waals surface area contributed by atoms with E-state index in [-0.39, 0.29) is 46.6 Å². The van der Waals surface area contributed by atoms with Crippen molar-refractivity contribution in [1.82, 2.24) is 9.80 Å². The highest BCUT2D eigenvalue weighted by Gasteiger charge is 2.40. The summed E-state index contributed by atoms with van der Waals surface area (Å²) in [7, 11) is 0. The maximum atomic E-state index is 12.7. The van der Waals surface area contributed by atoms with Crippen LogP contribution in [0.4, 0.5) is 0 Å². The van der Waals surface area contributed by atoms with Gasteiger partial charge in [-0.3, -0.25) is 29.0 Å². The molecule has 2 unspecified atom stereocenters. The second kappa shape index (κ2) is 8.76. The topological polar surface area (TPSA) is 159 Å². The number of benzene rings is 2. The van der Waals surface area contributed by atoms with Crippen LogP contribution in [0.3, 0.4) is 0 Å². The third kappa shape index (κ3) is 3.95. The monoisotopic (exact) mass is 480 g/mol. The number of carboxylic acids is 2. The molecule has 2 aromatic rings. The number of hydrogen-bond donors (Lipinski definition) is 2. The molecule has 2 aromatic carbocycles. The number of carbonyl (C=O) groups excluding carboxylic acids is 4. The van der Waals surface area contributed by atoms with Crippen LogP contribution in [0.1, 0.15) is 76.0 Å². The quantitative estimate of drug-likeness (QED) is 0.537. The Hall–Kier alpha value is -4.38. The van der Waals surface area contributed by atoms with Gasteiger partial charge in [-0.25, -0.2) is 9.59 Å². The lowest BCUT2D eigenvalue weighted by Gasteiger charge is -2.25. The molecule has 0 bridgehead atoms. The van der Waals surface area contributed by atoms with E-state index in [1.165, 1.54) is 24.3 Å². The smallest absolute Gasteiger partial charge is 0.335 e. The molecule has 180 valence electrons. The fourth-order valence-electron chi connectivity index (χ4n) is 4.14. The second-order valence-electron chi connectivity index (χ2n) is 8.33. The van der Waals surface area contributed by atoms with Crippen LogP contribution in [-0.2, 0) is 4.74 Å². The Labute approximate surface area is 198 Å². The van der Waals surface area contributed by atoms with Crippen molar-refractivity contribution in [3.05, 3.63) is 69.8 Å². The van der Waals surface area contributed by atoms with Gasteiger partial charge in [-0.15, -0.1) is 0 Å². The van der Waals surface area contributed by atoms with Crippen LogP contribution in [0.15, 0.2) is 36.4 Å². The molecular formula is C24H20N2O9. The fourth-order valence-corrected chi connectivity index (χ4v) is 4.14. The van der Waals surface area contributed by atoms with E-state index in [4.69, 9.17) is 14.9 Å². The number of imide groups is 2. The first-order chi connectivity index (χ1) is 16.5. The van der Waals surface area contributed by atoms with E-state index < -0.39 is 47.7 Å². The van der Waals surface area contributed by atoms with Crippen LogP contribution in [-0.4, -0.2) is 80.9 Å². The van der Waals surface area contributed by atoms with Crippen molar-refractivity contribution < 1.29 is 43.7 Å². The number of nitrogens with zero attached hydrogens (tertiary/aromatic N) is 2. The summed E-state index contributed by atoms with van der Waals surface area (Å²) in [5, 5.41) is 18.3. The number of rotatable bonds is 8. The number of fused-ring (bicyclic) bond motifs is 2. The molecule has 2 N–H and O–H groups in total. The van der Waals surface area contributed by atoms with Gasteiger partial charge >= 0.3 is 11.9 Å². The van der Waals surface area contributed by atoms with E-state index in [9.17, 15) is 28.8 Å². The average Bonchev–Trinajstić information content (AvgIpc) is 3.22. The van der Waals surface area contributed by atoms with Crippen molar-refractivity contribution in [3.8, 4) is 0 Å². The molecule has 0 aliphatic carbocycles. The van der Waals surface area contributed by atoms with Gasteiger partial charge in [-0.1, -0.05) is 0 Å². The largest absolute Gasteiger partial charge is 0.478 e. The SMILES string of the molecule is CC(COCC(C)N1C(=O)c2ccc(C(=O)O)cc2C1=O)N1C(=O)c2ccc(C(=O)O)cc2C1=O. The first-order valence-electron chi connectivity index (χ1n) is 10.6. The maximum absolute atomic E-state index is 12.7. The van der Waals surface area contributed by atoms with Gasteiger partial charge in [-0.05, 0) is 50.2 Å². The number of carbonyl (C=O) groups is 6. The number of carboxylic acid groups (broad SMARTS) is 2. The van der Waals surface area contributed by atoms with E-state index in [1.807, 2.05) is 0 Å². The summed E-state index contributed by atoms with van der Waals surface area (Å²) in [6.45, 7) is 2.99. The van der Waals surface area contributed by atoms with Gasteiger partial charge in [0.1, 0.15) is 0 Å². The van der Waals surface area contributed by atoms with Gasteiger partial charge < -0.3 is 14.9 Å². The van der Waals surface area contributed by atoms with Crippen LogP contribution < -0.4 is 0 Å². The number of aromatic carboxylic acids is 2. The van der Waals surface area contributed by atoms with Crippen molar-refractivity contribution in [2.24, 2.45) is 0 Å². The van der Waals surface area contributed by atoms with Gasteiger partial charge in [0.15, 0.2) is 0 Å². The third-order valence-corrected chi connectivity index (χ3v) is 5.93. The van der Waals surface area contributed by atoms with Crippen LogP contribution in [0, 0.1) is 0 Å². The van der Waals surface area contributed by atoms with Crippen molar-refractivity contribution in [3.63, 3.8) is 0 Å². The first-order valence-corrected chi connectivity index (χ1v) is 10.6. The summed E-state index contributed by atoms with van der Waals surface area (Å²) >= 11 is 0. The molecule has 0 saturated heterocycles. The minimum Gasteiger partial charge on any atom is -0.478 e. The molecule has 2 aliphatic rings. The molecule has 4 rings (SSSR count). The Bertz CT molecular complexity index is 1220. The van der Waals surface area contributed by atoms with Crippen LogP contribution in [0.2, 0.25) is 0 Å². The fraction of sp³-hybridized carbons (Fsp3) is 0.250. The summed E-state index contributed by atoms with van der Waals surface area (Å²) < 4.78 is 5.62. The lowest BCUT2D eigenvalue weighted by Crippen LogP contribution is -2.43. The molecule has 2 atom stereocenters. The van der Waals surface area contributed by atoms with Gasteiger partial charge in [0.2, 0.25) is 0 Å². The zero-order valence-electron chi connectivity index (χ0n) is 18.7.